The number of amides is 2. The molecule has 3 rings (SSSR count). The van der Waals surface area contributed by atoms with Gasteiger partial charge in [0.1, 0.15) is 6.61 Å². The first-order valence-electron chi connectivity index (χ1n) is 7.51. The number of nitrogens with zero attached hydrogens (tertiary/aromatic N) is 1. The number of anilines is 2. The Balaban J connectivity index is 1.61. The molecule has 1 aliphatic heterocycles. The summed E-state index contributed by atoms with van der Waals surface area (Å²) in [7, 11) is 0. The van der Waals surface area contributed by atoms with Crippen molar-refractivity contribution in [1.29, 1.82) is 0 Å². The van der Waals surface area contributed by atoms with E-state index >= 15 is 0 Å². The lowest BCUT2D eigenvalue weighted by Gasteiger charge is -2.13. The Hall–Kier alpha value is -2.82. The van der Waals surface area contributed by atoms with Crippen LogP contribution in [-0.2, 0) is 16.0 Å². The number of carbonyl (C=O) groups is 2. The van der Waals surface area contributed by atoms with Crippen LogP contribution in [0.2, 0.25) is 0 Å². The molecule has 0 aliphatic carbocycles. The average Bonchev–Trinajstić information content (AvgIpc) is 2.94. The number of benzene rings is 2. The van der Waals surface area contributed by atoms with Gasteiger partial charge in [-0.2, -0.15) is 0 Å². The summed E-state index contributed by atoms with van der Waals surface area (Å²) in [5.41, 5.74) is 3.60. The second-order valence-electron chi connectivity index (χ2n) is 5.53. The summed E-state index contributed by atoms with van der Waals surface area (Å²) in [5.74, 6) is -0.0658. The van der Waals surface area contributed by atoms with E-state index in [4.69, 9.17) is 4.74 Å². The van der Waals surface area contributed by atoms with Crippen LogP contribution in [0.5, 0.6) is 0 Å². The number of carbonyl (C=O) groups excluding carboxylic acids is 2. The Morgan fingerprint density at radius 2 is 2.00 bits per heavy atom. The molecule has 1 heterocycles. The van der Waals surface area contributed by atoms with Crippen molar-refractivity contribution in [2.75, 3.05) is 23.4 Å². The zero-order valence-electron chi connectivity index (χ0n) is 12.9. The van der Waals surface area contributed by atoms with E-state index in [1.807, 2.05) is 31.2 Å². The fourth-order valence-corrected chi connectivity index (χ4v) is 2.57. The van der Waals surface area contributed by atoms with Gasteiger partial charge in [0.2, 0.25) is 5.91 Å². The molecule has 1 fully saturated rings. The number of cyclic esters (lactones) is 1. The molecule has 0 saturated carbocycles. The van der Waals surface area contributed by atoms with Crippen LogP contribution in [0.15, 0.2) is 48.5 Å². The van der Waals surface area contributed by atoms with E-state index in [0.717, 1.165) is 16.8 Å². The summed E-state index contributed by atoms with van der Waals surface area (Å²) >= 11 is 0. The van der Waals surface area contributed by atoms with Crippen LogP contribution < -0.4 is 10.2 Å². The van der Waals surface area contributed by atoms with Crippen molar-refractivity contribution >= 4 is 23.4 Å². The van der Waals surface area contributed by atoms with E-state index in [-0.39, 0.29) is 12.0 Å². The van der Waals surface area contributed by atoms with E-state index in [9.17, 15) is 9.59 Å². The lowest BCUT2D eigenvalue weighted by molar-refractivity contribution is -0.115. The first kappa shape index (κ1) is 15.1. The van der Waals surface area contributed by atoms with Gasteiger partial charge in [0.15, 0.2) is 0 Å². The maximum absolute atomic E-state index is 12.1. The van der Waals surface area contributed by atoms with E-state index in [1.165, 1.54) is 0 Å². The van der Waals surface area contributed by atoms with Crippen molar-refractivity contribution in [2.45, 2.75) is 13.3 Å². The first-order valence-corrected chi connectivity index (χ1v) is 7.51. The average molecular weight is 310 g/mol. The van der Waals surface area contributed by atoms with Crippen LogP contribution in [0.1, 0.15) is 11.1 Å². The summed E-state index contributed by atoms with van der Waals surface area (Å²) in [4.78, 5) is 25.2. The first-order chi connectivity index (χ1) is 11.1. The van der Waals surface area contributed by atoms with Crippen LogP contribution in [0.3, 0.4) is 0 Å². The highest BCUT2D eigenvalue weighted by atomic mass is 16.6. The molecule has 5 heteroatoms. The fourth-order valence-electron chi connectivity index (χ4n) is 2.57. The molecular formula is C18H18N2O3. The van der Waals surface area contributed by atoms with Crippen LogP contribution in [-0.4, -0.2) is 25.2 Å². The molecule has 0 bridgehead atoms. The zero-order valence-corrected chi connectivity index (χ0v) is 12.9. The summed E-state index contributed by atoms with van der Waals surface area (Å²) < 4.78 is 4.91. The third-order valence-electron chi connectivity index (χ3n) is 3.67. The van der Waals surface area contributed by atoms with E-state index in [0.29, 0.717) is 25.3 Å². The lowest BCUT2D eigenvalue weighted by Crippen LogP contribution is -2.23. The highest BCUT2D eigenvalue weighted by molar-refractivity contribution is 5.93. The molecule has 2 aromatic rings. The van der Waals surface area contributed by atoms with Gasteiger partial charge in [-0.05, 0) is 36.8 Å². The Labute approximate surface area is 134 Å². The van der Waals surface area contributed by atoms with Crippen molar-refractivity contribution in [1.82, 2.24) is 0 Å². The highest BCUT2D eigenvalue weighted by Crippen LogP contribution is 2.21. The molecule has 1 saturated heterocycles. The summed E-state index contributed by atoms with van der Waals surface area (Å²) in [6.07, 6.45) is 0.00301. The smallest absolute Gasteiger partial charge is 0.414 e. The van der Waals surface area contributed by atoms with Gasteiger partial charge in [-0.15, -0.1) is 0 Å². The fraction of sp³-hybridized carbons (Fsp3) is 0.222. The maximum Gasteiger partial charge on any atom is 0.414 e. The number of aryl methyl sites for hydroxylation is 1. The Morgan fingerprint density at radius 3 is 2.65 bits per heavy atom. The molecule has 1 N–H and O–H groups in total. The van der Waals surface area contributed by atoms with Gasteiger partial charge >= 0.3 is 6.09 Å². The second kappa shape index (κ2) is 6.52. The molecule has 2 amide bonds. The summed E-state index contributed by atoms with van der Waals surface area (Å²) in [6.45, 7) is 2.97. The SMILES string of the molecule is Cc1cccc(CC(=O)Nc2ccc(N3CCOC3=O)cc2)c1. The van der Waals surface area contributed by atoms with Gasteiger partial charge in [0, 0.05) is 11.4 Å². The summed E-state index contributed by atoms with van der Waals surface area (Å²) in [5, 5.41) is 2.87. The molecule has 2 aromatic carbocycles. The van der Waals surface area contributed by atoms with Gasteiger partial charge < -0.3 is 10.1 Å². The van der Waals surface area contributed by atoms with Crippen molar-refractivity contribution in [3.8, 4) is 0 Å². The predicted octanol–water partition coefficient (Wildman–Crippen LogP) is 3.13. The largest absolute Gasteiger partial charge is 0.447 e. The molecule has 0 radical (unpaired) electrons. The standard InChI is InChI=1S/C18H18N2O3/c1-13-3-2-4-14(11-13)12-17(21)19-15-5-7-16(8-6-15)20-9-10-23-18(20)22/h2-8,11H,9-10,12H2,1H3,(H,19,21). The number of rotatable bonds is 4. The van der Waals surface area contributed by atoms with Crippen molar-refractivity contribution in [3.63, 3.8) is 0 Å². The second-order valence-corrected chi connectivity index (χ2v) is 5.53. The zero-order chi connectivity index (χ0) is 16.2. The molecule has 0 atom stereocenters. The third-order valence-corrected chi connectivity index (χ3v) is 3.67. The van der Waals surface area contributed by atoms with Gasteiger partial charge in [-0.3, -0.25) is 9.69 Å². The molecule has 5 nitrogen and oxygen atoms in total. The predicted molar refractivity (Wildman–Crippen MR) is 88.6 cm³/mol. The molecular weight excluding hydrogens is 292 g/mol. The quantitative estimate of drug-likeness (QED) is 0.944. The molecule has 0 spiro atoms. The van der Waals surface area contributed by atoms with E-state index < -0.39 is 0 Å². The van der Waals surface area contributed by atoms with Gasteiger partial charge in [-0.25, -0.2) is 4.79 Å². The van der Waals surface area contributed by atoms with Crippen LogP contribution >= 0.6 is 0 Å². The highest BCUT2D eigenvalue weighted by Gasteiger charge is 2.23. The van der Waals surface area contributed by atoms with Crippen LogP contribution in [0.25, 0.3) is 0 Å². The third kappa shape index (κ3) is 3.69. The lowest BCUT2D eigenvalue weighted by atomic mass is 10.1. The molecule has 0 aromatic heterocycles. The van der Waals surface area contributed by atoms with E-state index in [1.54, 1.807) is 29.2 Å². The van der Waals surface area contributed by atoms with Crippen molar-refractivity contribution < 1.29 is 14.3 Å². The normalized spacial score (nSPS) is 13.8. The minimum atomic E-state index is -0.332. The van der Waals surface area contributed by atoms with Crippen LogP contribution in [0.4, 0.5) is 16.2 Å². The summed E-state index contributed by atoms with van der Waals surface area (Å²) in [6, 6.07) is 15.1. The Kier molecular flexibility index (Phi) is 4.28. The minimum Gasteiger partial charge on any atom is -0.447 e. The molecule has 0 unspecified atom stereocenters. The molecule has 118 valence electrons. The van der Waals surface area contributed by atoms with Gasteiger partial charge in [0.25, 0.3) is 0 Å². The van der Waals surface area contributed by atoms with Crippen molar-refractivity contribution in [2.24, 2.45) is 0 Å². The molecule has 1 aliphatic rings. The maximum atomic E-state index is 12.1. The minimum absolute atomic E-state index is 0.0658. The molecule has 23 heavy (non-hydrogen) atoms. The monoisotopic (exact) mass is 310 g/mol. The number of ether oxygens (including phenoxy) is 1. The van der Waals surface area contributed by atoms with Crippen LogP contribution in [0, 0.1) is 6.92 Å². The van der Waals surface area contributed by atoms with Crippen molar-refractivity contribution in [3.05, 3.63) is 59.7 Å². The van der Waals surface area contributed by atoms with Gasteiger partial charge in [-0.1, -0.05) is 29.8 Å². The Bertz CT molecular complexity index is 725. The Morgan fingerprint density at radius 1 is 1.22 bits per heavy atom. The number of nitrogens with one attached hydrogen (secondary N) is 1. The topological polar surface area (TPSA) is 58.6 Å². The number of hydrogen-bond donors (Lipinski definition) is 1. The number of hydrogen-bond acceptors (Lipinski definition) is 3. The van der Waals surface area contributed by atoms with E-state index in [2.05, 4.69) is 5.32 Å². The van der Waals surface area contributed by atoms with Gasteiger partial charge in [0.05, 0.1) is 13.0 Å².